The van der Waals surface area contributed by atoms with Crippen LogP contribution in [0.15, 0.2) is 60.4 Å². The summed E-state index contributed by atoms with van der Waals surface area (Å²) in [5.41, 5.74) is 3.78. The normalized spacial score (nSPS) is 24.1. The molecule has 0 saturated heterocycles. The van der Waals surface area contributed by atoms with Crippen molar-refractivity contribution in [2.75, 3.05) is 0 Å². The van der Waals surface area contributed by atoms with Crippen LogP contribution in [-0.2, 0) is 17.9 Å². The van der Waals surface area contributed by atoms with E-state index in [1.54, 1.807) is 11.0 Å². The van der Waals surface area contributed by atoms with Crippen molar-refractivity contribution in [3.8, 4) is 0 Å². The number of aliphatic hydroxyl groups is 1. The summed E-state index contributed by atoms with van der Waals surface area (Å²) in [6.07, 6.45) is 6.08. The molecule has 5 rings (SSSR count). The van der Waals surface area contributed by atoms with E-state index in [2.05, 4.69) is 34.9 Å². The van der Waals surface area contributed by atoms with Crippen molar-refractivity contribution in [1.82, 2.24) is 15.5 Å². The van der Waals surface area contributed by atoms with Crippen LogP contribution in [0, 0.1) is 0 Å². The number of benzene rings is 2. The molecule has 1 aliphatic heterocycles. The molecular weight excluding hydrogens is 442 g/mol. The number of fused-ring (bicyclic) bond motifs is 1. The highest BCUT2D eigenvalue weighted by Gasteiger charge is 2.36. The molecule has 7 heteroatoms. The fourth-order valence-corrected chi connectivity index (χ4v) is 5.55. The van der Waals surface area contributed by atoms with Gasteiger partial charge in [-0.1, -0.05) is 42.5 Å². The van der Waals surface area contributed by atoms with Crippen LogP contribution in [0.1, 0.15) is 71.5 Å². The van der Waals surface area contributed by atoms with E-state index in [4.69, 9.17) is 0 Å². The fraction of sp³-hybridized carbons (Fsp3) is 0.393. The summed E-state index contributed by atoms with van der Waals surface area (Å²) in [6.45, 7) is 0.755. The molecule has 0 spiro atoms. The third kappa shape index (κ3) is 5.09. The number of ketones is 1. The smallest absolute Gasteiger partial charge is 0.315 e. The molecular formula is C28H31N3O4. The van der Waals surface area contributed by atoms with Crippen LogP contribution in [0.2, 0.25) is 0 Å². The molecule has 0 bridgehead atoms. The van der Waals surface area contributed by atoms with Crippen LogP contribution >= 0.6 is 0 Å². The van der Waals surface area contributed by atoms with Gasteiger partial charge >= 0.3 is 6.03 Å². The maximum Gasteiger partial charge on any atom is 0.315 e. The lowest BCUT2D eigenvalue weighted by Crippen LogP contribution is -2.43. The first kappa shape index (κ1) is 23.1. The van der Waals surface area contributed by atoms with Crippen molar-refractivity contribution in [2.45, 2.75) is 69.6 Å². The fourth-order valence-electron chi connectivity index (χ4n) is 5.55. The number of rotatable bonds is 5. The van der Waals surface area contributed by atoms with Gasteiger partial charge in [0, 0.05) is 37.2 Å². The Hall–Kier alpha value is -3.61. The highest BCUT2D eigenvalue weighted by Crippen LogP contribution is 2.33. The van der Waals surface area contributed by atoms with E-state index in [1.807, 2.05) is 18.2 Å². The van der Waals surface area contributed by atoms with Crippen LogP contribution in [-0.4, -0.2) is 39.8 Å². The Labute approximate surface area is 205 Å². The van der Waals surface area contributed by atoms with E-state index >= 15 is 0 Å². The zero-order chi connectivity index (χ0) is 24.4. The second-order valence-electron chi connectivity index (χ2n) is 9.80. The minimum Gasteiger partial charge on any atom is -0.510 e. The van der Waals surface area contributed by atoms with Crippen LogP contribution in [0.3, 0.4) is 0 Å². The number of amides is 3. The van der Waals surface area contributed by atoms with Crippen molar-refractivity contribution < 1.29 is 19.5 Å². The first-order valence-corrected chi connectivity index (χ1v) is 12.4. The molecule has 3 aliphatic rings. The van der Waals surface area contributed by atoms with Crippen LogP contribution in [0.5, 0.6) is 0 Å². The zero-order valence-electron chi connectivity index (χ0n) is 19.7. The van der Waals surface area contributed by atoms with Crippen LogP contribution in [0.4, 0.5) is 4.79 Å². The van der Waals surface area contributed by atoms with E-state index in [-0.39, 0.29) is 29.5 Å². The Morgan fingerprint density at radius 2 is 1.77 bits per heavy atom. The molecule has 7 nitrogen and oxygen atoms in total. The Morgan fingerprint density at radius 3 is 2.51 bits per heavy atom. The van der Waals surface area contributed by atoms with Gasteiger partial charge in [-0.2, -0.15) is 0 Å². The summed E-state index contributed by atoms with van der Waals surface area (Å²) in [5, 5.41) is 16.2. The molecule has 1 saturated carbocycles. The average Bonchev–Trinajstić information content (AvgIpc) is 3.19. The monoisotopic (exact) mass is 473 g/mol. The summed E-state index contributed by atoms with van der Waals surface area (Å²) >= 11 is 0. The molecule has 2 aromatic rings. The van der Waals surface area contributed by atoms with Gasteiger partial charge in [0.2, 0.25) is 0 Å². The number of hydrogen-bond acceptors (Lipinski definition) is 4. The topological polar surface area (TPSA) is 98.7 Å². The standard InChI is InChI=1S/C28H31N3O4/c32-23-11-13-25(26(33)15-23)31-17-21-14-18(6-12-24(21)27(31)34)16-29-28(35)30-22-9-7-20(8-10-22)19-4-2-1-3-5-19/h1-6,12,14-15,20,22,25,33H,7-11,13,16-17H2,(H2,29,30,35). The zero-order valence-corrected chi connectivity index (χ0v) is 19.7. The number of carbonyl (C=O) groups excluding carboxylic acids is 3. The third-order valence-electron chi connectivity index (χ3n) is 7.48. The molecule has 2 aliphatic carbocycles. The first-order valence-electron chi connectivity index (χ1n) is 12.4. The second-order valence-corrected chi connectivity index (χ2v) is 9.80. The van der Waals surface area contributed by atoms with Gasteiger partial charge in [-0.3, -0.25) is 9.59 Å². The Kier molecular flexibility index (Phi) is 6.57. The van der Waals surface area contributed by atoms with Gasteiger partial charge in [-0.25, -0.2) is 4.79 Å². The highest BCUT2D eigenvalue weighted by molar-refractivity contribution is 5.99. The van der Waals surface area contributed by atoms with Crippen molar-refractivity contribution >= 4 is 17.7 Å². The summed E-state index contributed by atoms with van der Waals surface area (Å²) in [5.74, 6) is 0.276. The van der Waals surface area contributed by atoms with Crippen molar-refractivity contribution in [3.05, 3.63) is 82.6 Å². The van der Waals surface area contributed by atoms with Crippen LogP contribution in [0.25, 0.3) is 0 Å². The summed E-state index contributed by atoms with van der Waals surface area (Å²) in [6, 6.07) is 15.7. The second kappa shape index (κ2) is 9.94. The van der Waals surface area contributed by atoms with Gasteiger partial charge in [0.15, 0.2) is 5.78 Å². The Morgan fingerprint density at radius 1 is 1.00 bits per heavy atom. The van der Waals surface area contributed by atoms with Crippen LogP contribution < -0.4 is 10.6 Å². The number of nitrogens with zero attached hydrogens (tertiary/aromatic N) is 1. The van der Waals surface area contributed by atoms with Gasteiger partial charge in [-0.15, -0.1) is 0 Å². The predicted molar refractivity (Wildman–Crippen MR) is 132 cm³/mol. The van der Waals surface area contributed by atoms with E-state index in [1.165, 1.54) is 11.6 Å². The lowest BCUT2D eigenvalue weighted by atomic mass is 9.82. The van der Waals surface area contributed by atoms with Gasteiger partial charge in [-0.05, 0) is 60.8 Å². The molecule has 0 aromatic heterocycles. The number of carbonyl (C=O) groups is 3. The average molecular weight is 474 g/mol. The maximum absolute atomic E-state index is 12.9. The molecule has 1 fully saturated rings. The first-order chi connectivity index (χ1) is 17.0. The molecule has 2 aromatic carbocycles. The number of nitrogens with one attached hydrogen (secondary N) is 2. The van der Waals surface area contributed by atoms with Gasteiger partial charge < -0.3 is 20.6 Å². The van der Waals surface area contributed by atoms with E-state index < -0.39 is 6.04 Å². The predicted octanol–water partition coefficient (Wildman–Crippen LogP) is 4.34. The Bertz CT molecular complexity index is 1150. The molecule has 1 unspecified atom stereocenters. The number of aliphatic hydroxyl groups excluding tert-OH is 1. The summed E-state index contributed by atoms with van der Waals surface area (Å²) < 4.78 is 0. The molecule has 0 radical (unpaired) electrons. The minimum atomic E-state index is -0.461. The quantitative estimate of drug-likeness (QED) is 0.602. The molecule has 3 N–H and O–H groups in total. The van der Waals surface area contributed by atoms with E-state index in [0.29, 0.717) is 37.4 Å². The largest absolute Gasteiger partial charge is 0.510 e. The minimum absolute atomic E-state index is 0.0428. The van der Waals surface area contributed by atoms with Gasteiger partial charge in [0.1, 0.15) is 5.76 Å². The summed E-state index contributed by atoms with van der Waals surface area (Å²) in [4.78, 5) is 38.5. The number of allylic oxidation sites excluding steroid dienone is 1. The molecule has 182 valence electrons. The molecule has 1 heterocycles. The van der Waals surface area contributed by atoms with E-state index in [0.717, 1.165) is 36.8 Å². The number of urea groups is 1. The van der Waals surface area contributed by atoms with Crippen molar-refractivity contribution in [3.63, 3.8) is 0 Å². The van der Waals surface area contributed by atoms with Gasteiger partial charge in [0.25, 0.3) is 5.91 Å². The third-order valence-corrected chi connectivity index (χ3v) is 7.48. The van der Waals surface area contributed by atoms with E-state index in [9.17, 15) is 19.5 Å². The highest BCUT2D eigenvalue weighted by atomic mass is 16.3. The van der Waals surface area contributed by atoms with Crippen molar-refractivity contribution in [2.24, 2.45) is 0 Å². The Balaban J connectivity index is 1.12. The number of hydrogen-bond donors (Lipinski definition) is 3. The lowest BCUT2D eigenvalue weighted by molar-refractivity contribution is -0.115. The summed E-state index contributed by atoms with van der Waals surface area (Å²) in [7, 11) is 0. The molecule has 3 amide bonds. The SMILES string of the molecule is O=C1C=C(O)C(N2Cc3cc(CNC(=O)NC4CCC(c5ccccc5)CC4)ccc3C2=O)CC1. The maximum atomic E-state index is 12.9. The van der Waals surface area contributed by atoms with Gasteiger partial charge in [0.05, 0.1) is 6.04 Å². The molecule has 1 atom stereocenters. The molecule has 35 heavy (non-hydrogen) atoms. The van der Waals surface area contributed by atoms with Crippen molar-refractivity contribution in [1.29, 1.82) is 0 Å². The lowest BCUT2D eigenvalue weighted by Gasteiger charge is -2.29.